The van der Waals surface area contributed by atoms with E-state index in [0.717, 1.165) is 5.56 Å². The van der Waals surface area contributed by atoms with Crippen molar-refractivity contribution in [1.82, 2.24) is 10.1 Å². The third-order valence-electron chi connectivity index (χ3n) is 2.99. The molecule has 0 spiro atoms. The standard InChI is InChI=1S/C15H21N3O3/c1-10(2)20-9-15(3,16)14-17-13(21-18-14)11-7-5-6-8-12(11)19-4/h5-8,10H,9,16H2,1-4H3. The molecule has 0 saturated heterocycles. The van der Waals surface area contributed by atoms with E-state index in [1.165, 1.54) is 0 Å². The van der Waals surface area contributed by atoms with Gasteiger partial charge in [0, 0.05) is 0 Å². The maximum absolute atomic E-state index is 6.21. The number of nitrogens with two attached hydrogens (primary N) is 1. The van der Waals surface area contributed by atoms with Crippen LogP contribution in [-0.4, -0.2) is 30.0 Å². The van der Waals surface area contributed by atoms with E-state index >= 15 is 0 Å². The van der Waals surface area contributed by atoms with Gasteiger partial charge in [-0.15, -0.1) is 0 Å². The molecule has 114 valence electrons. The summed E-state index contributed by atoms with van der Waals surface area (Å²) in [6.07, 6.45) is 0.0912. The van der Waals surface area contributed by atoms with E-state index in [1.54, 1.807) is 7.11 Å². The molecule has 1 atom stereocenters. The second-order valence-electron chi connectivity index (χ2n) is 5.40. The zero-order valence-corrected chi connectivity index (χ0v) is 12.8. The lowest BCUT2D eigenvalue weighted by Crippen LogP contribution is -2.40. The maximum atomic E-state index is 6.21. The molecule has 1 aromatic carbocycles. The first-order valence-electron chi connectivity index (χ1n) is 6.82. The van der Waals surface area contributed by atoms with Gasteiger partial charge in [-0.25, -0.2) is 0 Å². The Balaban J connectivity index is 2.25. The second kappa shape index (κ2) is 6.24. The Bertz CT molecular complexity index is 593. The predicted molar refractivity (Wildman–Crippen MR) is 78.9 cm³/mol. The lowest BCUT2D eigenvalue weighted by molar-refractivity contribution is 0.0410. The quantitative estimate of drug-likeness (QED) is 0.879. The summed E-state index contributed by atoms with van der Waals surface area (Å²) in [7, 11) is 1.60. The highest BCUT2D eigenvalue weighted by molar-refractivity contribution is 5.62. The van der Waals surface area contributed by atoms with E-state index in [2.05, 4.69) is 10.1 Å². The van der Waals surface area contributed by atoms with Gasteiger partial charge in [0.2, 0.25) is 0 Å². The van der Waals surface area contributed by atoms with E-state index < -0.39 is 5.54 Å². The number of hydrogen-bond donors (Lipinski definition) is 1. The molecule has 0 radical (unpaired) electrons. The fourth-order valence-electron chi connectivity index (χ4n) is 1.79. The SMILES string of the molecule is COc1ccccc1-c1nc(C(C)(N)COC(C)C)no1. The molecule has 21 heavy (non-hydrogen) atoms. The molecule has 1 aromatic heterocycles. The minimum absolute atomic E-state index is 0.0912. The summed E-state index contributed by atoms with van der Waals surface area (Å²) >= 11 is 0. The summed E-state index contributed by atoms with van der Waals surface area (Å²) in [4.78, 5) is 4.38. The van der Waals surface area contributed by atoms with Gasteiger partial charge < -0.3 is 19.7 Å². The number of hydrogen-bond acceptors (Lipinski definition) is 6. The molecule has 1 heterocycles. The van der Waals surface area contributed by atoms with Crippen molar-refractivity contribution in [2.75, 3.05) is 13.7 Å². The first-order chi connectivity index (χ1) is 9.94. The molecule has 0 aliphatic carbocycles. The van der Waals surface area contributed by atoms with Crippen LogP contribution in [-0.2, 0) is 10.3 Å². The number of ether oxygens (including phenoxy) is 2. The summed E-state index contributed by atoms with van der Waals surface area (Å²) in [5.41, 5.74) is 6.13. The van der Waals surface area contributed by atoms with Crippen molar-refractivity contribution < 1.29 is 14.0 Å². The minimum atomic E-state index is -0.811. The first kappa shape index (κ1) is 15.5. The smallest absolute Gasteiger partial charge is 0.261 e. The largest absolute Gasteiger partial charge is 0.496 e. The van der Waals surface area contributed by atoms with Crippen molar-refractivity contribution in [2.24, 2.45) is 5.73 Å². The molecule has 1 unspecified atom stereocenters. The van der Waals surface area contributed by atoms with Crippen LogP contribution in [0.2, 0.25) is 0 Å². The van der Waals surface area contributed by atoms with Crippen LogP contribution in [0.25, 0.3) is 11.5 Å². The summed E-state index contributed by atoms with van der Waals surface area (Å²) in [5, 5.41) is 3.97. The van der Waals surface area contributed by atoms with Gasteiger partial charge >= 0.3 is 0 Å². The highest BCUT2D eigenvalue weighted by Crippen LogP contribution is 2.29. The number of methoxy groups -OCH3 is 1. The summed E-state index contributed by atoms with van der Waals surface area (Å²) in [6, 6.07) is 7.45. The van der Waals surface area contributed by atoms with Crippen molar-refractivity contribution in [3.05, 3.63) is 30.1 Å². The van der Waals surface area contributed by atoms with Gasteiger partial charge in [0.25, 0.3) is 5.89 Å². The van der Waals surface area contributed by atoms with Crippen molar-refractivity contribution >= 4 is 0 Å². The number of aromatic nitrogens is 2. The van der Waals surface area contributed by atoms with E-state index in [0.29, 0.717) is 24.1 Å². The van der Waals surface area contributed by atoms with Crippen LogP contribution in [0.1, 0.15) is 26.6 Å². The maximum Gasteiger partial charge on any atom is 0.261 e. The van der Waals surface area contributed by atoms with Gasteiger partial charge in [0.05, 0.1) is 25.4 Å². The van der Waals surface area contributed by atoms with Crippen molar-refractivity contribution in [3.63, 3.8) is 0 Å². The van der Waals surface area contributed by atoms with Crippen molar-refractivity contribution in [2.45, 2.75) is 32.4 Å². The predicted octanol–water partition coefficient (Wildman–Crippen LogP) is 2.34. The fourth-order valence-corrected chi connectivity index (χ4v) is 1.79. The van der Waals surface area contributed by atoms with Crippen molar-refractivity contribution in [1.29, 1.82) is 0 Å². The Morgan fingerprint density at radius 1 is 1.33 bits per heavy atom. The number of nitrogens with zero attached hydrogens (tertiary/aromatic N) is 2. The molecular weight excluding hydrogens is 270 g/mol. The Morgan fingerprint density at radius 2 is 2.05 bits per heavy atom. The average Bonchev–Trinajstić information content (AvgIpc) is 2.95. The third kappa shape index (κ3) is 3.59. The highest BCUT2D eigenvalue weighted by atomic mass is 16.5. The number of benzene rings is 1. The summed E-state index contributed by atoms with van der Waals surface area (Å²) < 4.78 is 16.1. The molecule has 0 aliphatic rings. The molecule has 2 N–H and O–H groups in total. The topological polar surface area (TPSA) is 83.4 Å². The number of rotatable bonds is 6. The van der Waals surface area contributed by atoms with Gasteiger partial charge in [-0.2, -0.15) is 4.98 Å². The summed E-state index contributed by atoms with van der Waals surface area (Å²) in [6.45, 7) is 6.03. The third-order valence-corrected chi connectivity index (χ3v) is 2.99. The van der Waals surface area contributed by atoms with Crippen LogP contribution in [0.15, 0.2) is 28.8 Å². The molecule has 0 fully saturated rings. The van der Waals surface area contributed by atoms with E-state index in [1.807, 2.05) is 45.0 Å². The van der Waals surface area contributed by atoms with Crippen molar-refractivity contribution in [3.8, 4) is 17.2 Å². The van der Waals surface area contributed by atoms with E-state index in [4.69, 9.17) is 19.7 Å². The normalized spacial score (nSPS) is 14.2. The average molecular weight is 291 g/mol. The molecule has 0 amide bonds. The van der Waals surface area contributed by atoms with Crippen LogP contribution < -0.4 is 10.5 Å². The monoisotopic (exact) mass is 291 g/mol. The fraction of sp³-hybridized carbons (Fsp3) is 0.467. The van der Waals surface area contributed by atoms with Crippen LogP contribution >= 0.6 is 0 Å². The minimum Gasteiger partial charge on any atom is -0.496 e. The molecule has 6 nitrogen and oxygen atoms in total. The van der Waals surface area contributed by atoms with Gasteiger partial charge in [0.15, 0.2) is 5.82 Å². The van der Waals surface area contributed by atoms with Crippen LogP contribution in [0.3, 0.4) is 0 Å². The molecule has 2 aromatic rings. The Morgan fingerprint density at radius 3 is 2.71 bits per heavy atom. The van der Waals surface area contributed by atoms with Gasteiger partial charge in [-0.05, 0) is 32.9 Å². The Labute approximate surface area is 124 Å². The molecule has 0 bridgehead atoms. The molecule has 6 heteroatoms. The first-order valence-corrected chi connectivity index (χ1v) is 6.82. The highest BCUT2D eigenvalue weighted by Gasteiger charge is 2.29. The zero-order valence-electron chi connectivity index (χ0n) is 12.8. The van der Waals surface area contributed by atoms with Crippen LogP contribution in [0.5, 0.6) is 5.75 Å². The van der Waals surface area contributed by atoms with Crippen LogP contribution in [0.4, 0.5) is 0 Å². The molecule has 0 aliphatic heterocycles. The van der Waals surface area contributed by atoms with Crippen LogP contribution in [0, 0.1) is 0 Å². The molecule has 2 rings (SSSR count). The lowest BCUT2D eigenvalue weighted by Gasteiger charge is -2.21. The zero-order chi connectivity index (χ0) is 15.5. The lowest BCUT2D eigenvalue weighted by atomic mass is 10.1. The molecule has 0 saturated carbocycles. The summed E-state index contributed by atoms with van der Waals surface area (Å²) in [5.74, 6) is 1.46. The van der Waals surface area contributed by atoms with Gasteiger partial charge in [0.1, 0.15) is 11.3 Å². The number of para-hydroxylation sites is 1. The Kier molecular flexibility index (Phi) is 4.59. The van der Waals surface area contributed by atoms with E-state index in [-0.39, 0.29) is 6.10 Å². The van der Waals surface area contributed by atoms with Gasteiger partial charge in [-0.3, -0.25) is 0 Å². The Hall–Kier alpha value is -1.92. The van der Waals surface area contributed by atoms with E-state index in [9.17, 15) is 0 Å². The molecular formula is C15H21N3O3. The second-order valence-corrected chi connectivity index (χ2v) is 5.40. The van der Waals surface area contributed by atoms with Gasteiger partial charge in [-0.1, -0.05) is 17.3 Å².